The van der Waals surface area contributed by atoms with Gasteiger partial charge in [-0.25, -0.2) is 9.78 Å². The van der Waals surface area contributed by atoms with E-state index in [0.717, 1.165) is 15.8 Å². The summed E-state index contributed by atoms with van der Waals surface area (Å²) < 4.78 is 6.27. The van der Waals surface area contributed by atoms with Crippen LogP contribution in [0.25, 0.3) is 23.1 Å². The van der Waals surface area contributed by atoms with Gasteiger partial charge < -0.3 is 9.84 Å². The second-order valence-corrected chi connectivity index (χ2v) is 6.05. The van der Waals surface area contributed by atoms with Gasteiger partial charge >= 0.3 is 5.97 Å². The molecule has 0 bridgehead atoms. The molecule has 3 aromatic rings. The number of hydrogen-bond acceptors (Lipinski definition) is 3. The first-order valence-electron chi connectivity index (χ1n) is 7.23. The van der Waals surface area contributed by atoms with Gasteiger partial charge in [0.25, 0.3) is 0 Å². The monoisotopic (exact) mass is 383 g/mol. The lowest BCUT2D eigenvalue weighted by Crippen LogP contribution is -2.00. The van der Waals surface area contributed by atoms with Crippen molar-refractivity contribution in [1.29, 1.82) is 0 Å². The third kappa shape index (κ3) is 3.31. The van der Waals surface area contributed by atoms with Gasteiger partial charge in [0.1, 0.15) is 5.75 Å². The number of fused-ring (bicyclic) bond motifs is 1. The molecule has 2 aromatic carbocycles. The van der Waals surface area contributed by atoms with Crippen LogP contribution < -0.4 is 4.74 Å². The van der Waals surface area contributed by atoms with Crippen molar-refractivity contribution in [3.8, 4) is 5.75 Å². The van der Waals surface area contributed by atoms with Crippen LogP contribution in [-0.2, 0) is 0 Å². The van der Waals surface area contributed by atoms with Gasteiger partial charge in [-0.15, -0.1) is 0 Å². The summed E-state index contributed by atoms with van der Waals surface area (Å²) in [7, 11) is 1.61. The van der Waals surface area contributed by atoms with Crippen LogP contribution in [0.3, 0.4) is 0 Å². The number of carboxylic acid groups (broad SMARTS) is 1. The van der Waals surface area contributed by atoms with Crippen molar-refractivity contribution in [2.75, 3.05) is 7.11 Å². The zero-order valence-corrected chi connectivity index (χ0v) is 14.4. The molecule has 0 aliphatic carbocycles. The molecule has 3 rings (SSSR count). The number of carbonyl (C=O) groups is 1. The number of pyridine rings is 1. The minimum Gasteiger partial charge on any atom is -0.496 e. The maximum atomic E-state index is 11.5. The van der Waals surface area contributed by atoms with E-state index >= 15 is 0 Å². The van der Waals surface area contributed by atoms with E-state index in [4.69, 9.17) is 4.74 Å². The smallest absolute Gasteiger partial charge is 0.336 e. The molecule has 0 radical (unpaired) electrons. The van der Waals surface area contributed by atoms with Crippen LogP contribution in [0.5, 0.6) is 5.75 Å². The summed E-state index contributed by atoms with van der Waals surface area (Å²) in [5.41, 5.74) is 2.34. The molecule has 0 aliphatic rings. The van der Waals surface area contributed by atoms with Gasteiger partial charge in [-0.2, -0.15) is 0 Å². The van der Waals surface area contributed by atoms with Crippen LogP contribution in [0.1, 0.15) is 21.6 Å². The quantitative estimate of drug-likeness (QED) is 0.697. The van der Waals surface area contributed by atoms with Crippen LogP contribution >= 0.6 is 15.9 Å². The molecule has 1 aromatic heterocycles. The Morgan fingerprint density at radius 2 is 1.96 bits per heavy atom. The molecule has 0 saturated heterocycles. The molecule has 5 heteroatoms. The van der Waals surface area contributed by atoms with E-state index < -0.39 is 5.97 Å². The Hall–Kier alpha value is -2.66. The molecule has 0 atom stereocenters. The number of halogens is 1. The van der Waals surface area contributed by atoms with Gasteiger partial charge in [-0.05, 0) is 42.5 Å². The van der Waals surface area contributed by atoms with Crippen molar-refractivity contribution in [2.24, 2.45) is 0 Å². The number of para-hydroxylation sites is 1. The van der Waals surface area contributed by atoms with Crippen molar-refractivity contribution in [3.63, 3.8) is 0 Å². The normalized spacial score (nSPS) is 11.1. The first-order valence-corrected chi connectivity index (χ1v) is 8.02. The molecule has 0 spiro atoms. The predicted octanol–water partition coefficient (Wildman–Crippen LogP) is 4.87. The number of hydrogen-bond donors (Lipinski definition) is 1. The minimum atomic E-state index is -0.969. The number of aromatic carboxylic acids is 1. The molecule has 0 unspecified atom stereocenters. The standard InChI is InChI=1S/C19H14BrNO3/c1-24-18-9-7-13(20)10-12(18)6-8-14-11-16(19(22)23)15-4-2-3-5-17(15)21-14/h2-11H,1H3,(H,22,23)/b8-6+. The number of methoxy groups -OCH3 is 1. The number of aromatic nitrogens is 1. The molecule has 0 fully saturated rings. The third-order valence-corrected chi connectivity index (χ3v) is 4.09. The topological polar surface area (TPSA) is 59.4 Å². The molecule has 4 nitrogen and oxygen atoms in total. The largest absolute Gasteiger partial charge is 0.496 e. The van der Waals surface area contributed by atoms with E-state index in [1.807, 2.05) is 30.3 Å². The summed E-state index contributed by atoms with van der Waals surface area (Å²) >= 11 is 3.43. The Bertz CT molecular complexity index is 950. The summed E-state index contributed by atoms with van der Waals surface area (Å²) in [6, 6.07) is 14.5. The summed E-state index contributed by atoms with van der Waals surface area (Å²) in [6.07, 6.45) is 3.63. The lowest BCUT2D eigenvalue weighted by molar-refractivity contribution is 0.0699. The fraction of sp³-hybridized carbons (Fsp3) is 0.0526. The fourth-order valence-electron chi connectivity index (χ4n) is 2.47. The van der Waals surface area contributed by atoms with E-state index in [9.17, 15) is 9.90 Å². The first kappa shape index (κ1) is 16.2. The van der Waals surface area contributed by atoms with Gasteiger partial charge in [0.05, 0.1) is 23.9 Å². The summed E-state index contributed by atoms with van der Waals surface area (Å²) in [6.45, 7) is 0. The molecule has 0 amide bonds. The summed E-state index contributed by atoms with van der Waals surface area (Å²) in [4.78, 5) is 16.0. The highest BCUT2D eigenvalue weighted by Crippen LogP contribution is 2.25. The van der Waals surface area contributed by atoms with Crippen LogP contribution in [0, 0.1) is 0 Å². The average molecular weight is 384 g/mol. The summed E-state index contributed by atoms with van der Waals surface area (Å²) in [5, 5.41) is 10.1. The van der Waals surface area contributed by atoms with Gasteiger partial charge in [0.15, 0.2) is 0 Å². The Morgan fingerprint density at radius 1 is 1.17 bits per heavy atom. The fourth-order valence-corrected chi connectivity index (χ4v) is 2.85. The molecular formula is C19H14BrNO3. The van der Waals surface area contributed by atoms with E-state index in [2.05, 4.69) is 20.9 Å². The van der Waals surface area contributed by atoms with E-state index in [0.29, 0.717) is 16.6 Å². The van der Waals surface area contributed by atoms with Crippen LogP contribution in [0.2, 0.25) is 0 Å². The van der Waals surface area contributed by atoms with Crippen molar-refractivity contribution in [3.05, 3.63) is 69.8 Å². The van der Waals surface area contributed by atoms with E-state index in [1.165, 1.54) is 0 Å². The molecule has 0 saturated carbocycles. The highest BCUT2D eigenvalue weighted by molar-refractivity contribution is 9.10. The number of nitrogens with zero attached hydrogens (tertiary/aromatic N) is 1. The molecule has 0 aliphatic heterocycles. The van der Waals surface area contributed by atoms with Gasteiger partial charge in [-0.1, -0.05) is 34.1 Å². The van der Waals surface area contributed by atoms with Gasteiger partial charge in [0.2, 0.25) is 0 Å². The Morgan fingerprint density at radius 3 is 2.71 bits per heavy atom. The third-order valence-electron chi connectivity index (χ3n) is 3.59. The van der Waals surface area contributed by atoms with Gasteiger partial charge in [0, 0.05) is 15.4 Å². The van der Waals surface area contributed by atoms with Crippen molar-refractivity contribution < 1.29 is 14.6 Å². The zero-order valence-electron chi connectivity index (χ0n) is 12.9. The first-order chi connectivity index (χ1) is 11.6. The second kappa shape index (κ2) is 6.84. The maximum absolute atomic E-state index is 11.5. The predicted molar refractivity (Wildman–Crippen MR) is 98.3 cm³/mol. The highest BCUT2D eigenvalue weighted by Gasteiger charge is 2.10. The number of benzene rings is 2. The van der Waals surface area contributed by atoms with Crippen molar-refractivity contribution in [2.45, 2.75) is 0 Å². The summed E-state index contributed by atoms with van der Waals surface area (Å²) in [5.74, 6) is -0.239. The maximum Gasteiger partial charge on any atom is 0.336 e. The lowest BCUT2D eigenvalue weighted by atomic mass is 10.1. The number of rotatable bonds is 4. The average Bonchev–Trinajstić information content (AvgIpc) is 2.59. The van der Waals surface area contributed by atoms with Crippen LogP contribution in [0.4, 0.5) is 0 Å². The van der Waals surface area contributed by atoms with Gasteiger partial charge in [-0.3, -0.25) is 0 Å². The molecule has 120 valence electrons. The number of carboxylic acids is 1. The molecule has 24 heavy (non-hydrogen) atoms. The molecule has 1 N–H and O–H groups in total. The Balaban J connectivity index is 2.07. The number of ether oxygens (including phenoxy) is 1. The molecular weight excluding hydrogens is 370 g/mol. The van der Waals surface area contributed by atoms with Crippen molar-refractivity contribution >= 4 is 45.0 Å². The zero-order chi connectivity index (χ0) is 17.1. The minimum absolute atomic E-state index is 0.237. The lowest BCUT2D eigenvalue weighted by Gasteiger charge is -2.06. The van der Waals surface area contributed by atoms with E-state index in [-0.39, 0.29) is 5.56 Å². The molecule has 1 heterocycles. The second-order valence-electron chi connectivity index (χ2n) is 5.14. The Labute approximate surface area is 147 Å². The van der Waals surface area contributed by atoms with Crippen LogP contribution in [-0.4, -0.2) is 23.2 Å². The Kier molecular flexibility index (Phi) is 4.62. The SMILES string of the molecule is COc1ccc(Br)cc1/C=C/c1cc(C(=O)O)c2ccccc2n1. The highest BCUT2D eigenvalue weighted by atomic mass is 79.9. The van der Waals surface area contributed by atoms with Crippen LogP contribution in [0.15, 0.2) is 53.0 Å². The van der Waals surface area contributed by atoms with Crippen molar-refractivity contribution in [1.82, 2.24) is 4.98 Å². The van der Waals surface area contributed by atoms with E-state index in [1.54, 1.807) is 37.5 Å².